The second-order valence-electron chi connectivity index (χ2n) is 8.94. The Morgan fingerprint density at radius 3 is 2.48 bits per heavy atom. The first-order chi connectivity index (χ1) is 11.7. The predicted molar refractivity (Wildman–Crippen MR) is 102 cm³/mol. The van der Waals surface area contributed by atoms with Crippen molar-refractivity contribution in [2.75, 3.05) is 0 Å². The number of hydrogen-bond donors (Lipinski definition) is 0. The van der Waals surface area contributed by atoms with Gasteiger partial charge in [-0.2, -0.15) is 0 Å². The minimum atomic E-state index is -0.604. The van der Waals surface area contributed by atoms with Crippen LogP contribution in [-0.2, 0) is 4.74 Å². The van der Waals surface area contributed by atoms with Gasteiger partial charge < -0.3 is 9.47 Å². The topological polar surface area (TPSA) is 18.5 Å². The van der Waals surface area contributed by atoms with Gasteiger partial charge in [0.05, 0.1) is 12.2 Å². The summed E-state index contributed by atoms with van der Waals surface area (Å²) in [6.07, 6.45) is 4.59. The Hall–Kier alpha value is -0.440. The van der Waals surface area contributed by atoms with Crippen LogP contribution < -0.4 is 4.74 Å². The molecule has 3 aliphatic rings. The smallest absolute Gasteiger partial charge is 0.127 e. The third kappa shape index (κ3) is 2.71. The second-order valence-corrected chi connectivity index (χ2v) is 10.3. The number of fused-ring (bicyclic) bond motifs is 3. The molecule has 0 spiro atoms. The van der Waals surface area contributed by atoms with Gasteiger partial charge in [-0.05, 0) is 45.6 Å². The molecule has 2 nitrogen and oxygen atoms in total. The standard InChI is InChI=1S/C21H28Cl2O2/c1-13-9-10-15-18(24-13)14-7-5-6-8-16(14)25-20(15,4)12-11-17-19(2,3)21(17,22)23/h5-8,13,15,17-18H,9-12H2,1-4H3/t13-,15+,17-,18+,20+/m1/s1. The molecule has 2 aliphatic heterocycles. The van der Waals surface area contributed by atoms with Crippen LogP contribution in [-0.4, -0.2) is 16.0 Å². The van der Waals surface area contributed by atoms with Crippen LogP contribution in [0.25, 0.3) is 0 Å². The Kier molecular flexibility index (Phi) is 4.15. The molecule has 1 aromatic rings. The zero-order valence-corrected chi connectivity index (χ0v) is 17.0. The van der Waals surface area contributed by atoms with Crippen LogP contribution in [0.5, 0.6) is 5.75 Å². The zero-order valence-electron chi connectivity index (χ0n) is 15.5. The Morgan fingerprint density at radius 2 is 1.80 bits per heavy atom. The van der Waals surface area contributed by atoms with Gasteiger partial charge in [-0.15, -0.1) is 23.2 Å². The molecule has 1 aromatic carbocycles. The maximum atomic E-state index is 6.57. The number of para-hydroxylation sites is 1. The fourth-order valence-corrected chi connectivity index (χ4v) is 5.91. The number of ether oxygens (including phenoxy) is 2. The summed E-state index contributed by atoms with van der Waals surface area (Å²) in [4.78, 5) is 0. The fourth-order valence-electron chi connectivity index (χ4n) is 5.00. The Labute approximate surface area is 161 Å². The lowest BCUT2D eigenvalue weighted by Gasteiger charge is -2.50. The number of rotatable bonds is 3. The second kappa shape index (κ2) is 5.78. The highest BCUT2D eigenvalue weighted by molar-refractivity contribution is 6.51. The van der Waals surface area contributed by atoms with Crippen LogP contribution in [0.15, 0.2) is 24.3 Å². The van der Waals surface area contributed by atoms with E-state index in [-0.39, 0.29) is 17.1 Å². The van der Waals surface area contributed by atoms with E-state index < -0.39 is 4.33 Å². The van der Waals surface area contributed by atoms with E-state index >= 15 is 0 Å². The minimum absolute atomic E-state index is 0.0178. The van der Waals surface area contributed by atoms with Gasteiger partial charge in [0.2, 0.25) is 0 Å². The molecule has 4 heteroatoms. The summed E-state index contributed by atoms with van der Waals surface area (Å²) in [5.41, 5.74) is 0.949. The van der Waals surface area contributed by atoms with E-state index in [9.17, 15) is 0 Å². The Bertz CT molecular complexity index is 658. The van der Waals surface area contributed by atoms with Crippen LogP contribution in [0.4, 0.5) is 0 Å². The third-order valence-corrected chi connectivity index (χ3v) is 8.50. The molecule has 1 aliphatic carbocycles. The van der Waals surface area contributed by atoms with Crippen molar-refractivity contribution in [3.63, 3.8) is 0 Å². The molecule has 2 heterocycles. The van der Waals surface area contributed by atoms with Crippen molar-refractivity contribution in [3.8, 4) is 5.75 Å². The van der Waals surface area contributed by atoms with Crippen LogP contribution in [0, 0.1) is 17.3 Å². The largest absolute Gasteiger partial charge is 0.487 e. The predicted octanol–water partition coefficient (Wildman–Crippen LogP) is 6.30. The highest BCUT2D eigenvalue weighted by Crippen LogP contribution is 2.70. The highest BCUT2D eigenvalue weighted by atomic mass is 35.5. The molecule has 0 radical (unpaired) electrons. The summed E-state index contributed by atoms with van der Waals surface area (Å²) in [6, 6.07) is 8.34. The molecule has 0 aromatic heterocycles. The summed E-state index contributed by atoms with van der Waals surface area (Å²) in [5, 5.41) is 0. The van der Waals surface area contributed by atoms with E-state index in [1.54, 1.807) is 0 Å². The maximum Gasteiger partial charge on any atom is 0.127 e. The van der Waals surface area contributed by atoms with Crippen LogP contribution in [0.2, 0.25) is 0 Å². The van der Waals surface area contributed by atoms with Gasteiger partial charge in [0.15, 0.2) is 0 Å². The molecule has 2 fully saturated rings. The van der Waals surface area contributed by atoms with E-state index in [1.807, 2.05) is 6.07 Å². The number of hydrogen-bond acceptors (Lipinski definition) is 2. The summed E-state index contributed by atoms with van der Waals surface area (Å²) < 4.78 is 12.4. The quantitative estimate of drug-likeness (QED) is 0.570. The lowest BCUT2D eigenvalue weighted by molar-refractivity contribution is -0.153. The number of alkyl halides is 2. The number of benzene rings is 1. The van der Waals surface area contributed by atoms with Gasteiger partial charge in [0.1, 0.15) is 15.7 Å². The molecule has 138 valence electrons. The van der Waals surface area contributed by atoms with Crippen molar-refractivity contribution >= 4 is 23.2 Å². The minimum Gasteiger partial charge on any atom is -0.487 e. The molecule has 25 heavy (non-hydrogen) atoms. The molecule has 4 rings (SSSR count). The monoisotopic (exact) mass is 382 g/mol. The average Bonchev–Trinajstić information content (AvgIpc) is 2.94. The molecule has 0 amide bonds. The summed E-state index contributed by atoms with van der Waals surface area (Å²) in [6.45, 7) is 8.74. The zero-order chi connectivity index (χ0) is 18.0. The van der Waals surface area contributed by atoms with Crippen molar-refractivity contribution in [1.82, 2.24) is 0 Å². The highest BCUT2D eigenvalue weighted by Gasteiger charge is 2.69. The van der Waals surface area contributed by atoms with Crippen molar-refractivity contribution in [2.24, 2.45) is 17.3 Å². The molecule has 0 unspecified atom stereocenters. The van der Waals surface area contributed by atoms with Gasteiger partial charge in [-0.1, -0.05) is 32.0 Å². The van der Waals surface area contributed by atoms with Crippen molar-refractivity contribution in [1.29, 1.82) is 0 Å². The van der Waals surface area contributed by atoms with Gasteiger partial charge in [0, 0.05) is 22.8 Å². The maximum absolute atomic E-state index is 6.57. The average molecular weight is 383 g/mol. The van der Waals surface area contributed by atoms with Crippen molar-refractivity contribution < 1.29 is 9.47 Å². The van der Waals surface area contributed by atoms with Crippen molar-refractivity contribution in [3.05, 3.63) is 29.8 Å². The lowest BCUT2D eigenvalue weighted by Crippen LogP contribution is -2.50. The van der Waals surface area contributed by atoms with E-state index in [2.05, 4.69) is 45.9 Å². The first-order valence-corrected chi connectivity index (χ1v) is 10.2. The van der Waals surface area contributed by atoms with E-state index in [1.165, 1.54) is 5.56 Å². The first-order valence-electron chi connectivity index (χ1n) is 9.48. The van der Waals surface area contributed by atoms with E-state index in [0.29, 0.717) is 17.9 Å². The molecular formula is C21H28Cl2O2. The third-order valence-electron chi connectivity index (χ3n) is 7.00. The first kappa shape index (κ1) is 17.9. The van der Waals surface area contributed by atoms with Gasteiger partial charge in [-0.3, -0.25) is 0 Å². The molecule has 0 N–H and O–H groups in total. The molecular weight excluding hydrogens is 355 g/mol. The van der Waals surface area contributed by atoms with Gasteiger partial charge >= 0.3 is 0 Å². The molecule has 1 saturated heterocycles. The molecule has 5 atom stereocenters. The number of halogens is 2. The SMILES string of the molecule is C[C@@H]1CC[C@H]2[C@@H](O1)c1ccccc1O[C@@]2(C)CC[C@@H]1C(C)(C)C1(Cl)Cl. The summed E-state index contributed by atoms with van der Waals surface area (Å²) in [7, 11) is 0. The molecule has 0 bridgehead atoms. The summed E-state index contributed by atoms with van der Waals surface area (Å²) in [5.74, 6) is 1.67. The van der Waals surface area contributed by atoms with E-state index in [4.69, 9.17) is 32.7 Å². The van der Waals surface area contributed by atoms with Crippen LogP contribution in [0.1, 0.15) is 65.0 Å². The van der Waals surface area contributed by atoms with E-state index in [0.717, 1.165) is 31.4 Å². The van der Waals surface area contributed by atoms with Gasteiger partial charge in [-0.25, -0.2) is 0 Å². The van der Waals surface area contributed by atoms with Crippen LogP contribution >= 0.6 is 23.2 Å². The lowest BCUT2D eigenvalue weighted by atomic mass is 9.72. The Balaban J connectivity index is 1.59. The summed E-state index contributed by atoms with van der Waals surface area (Å²) >= 11 is 13.0. The normalized spacial score (nSPS) is 40.6. The van der Waals surface area contributed by atoms with Gasteiger partial charge in [0.25, 0.3) is 0 Å². The molecule has 1 saturated carbocycles. The fraction of sp³-hybridized carbons (Fsp3) is 0.714. The van der Waals surface area contributed by atoms with Crippen LogP contribution in [0.3, 0.4) is 0 Å². The van der Waals surface area contributed by atoms with Crippen molar-refractivity contribution in [2.45, 2.75) is 75.5 Å². The Morgan fingerprint density at radius 1 is 1.12 bits per heavy atom.